The Morgan fingerprint density at radius 3 is 2.54 bits per heavy atom. The van der Waals surface area contributed by atoms with Gasteiger partial charge >= 0.3 is 0 Å². The third-order valence-electron chi connectivity index (χ3n) is 5.36. The summed E-state index contributed by atoms with van der Waals surface area (Å²) in [5.41, 5.74) is 0.659. The summed E-state index contributed by atoms with van der Waals surface area (Å²) in [6, 6.07) is 4.09. The molecule has 9 heteroatoms. The molecule has 5 rings (SSSR count). The monoisotopic (exact) mass is 376 g/mol. The van der Waals surface area contributed by atoms with E-state index in [-0.39, 0.29) is 41.5 Å². The van der Waals surface area contributed by atoms with Gasteiger partial charge < -0.3 is 4.74 Å². The zero-order chi connectivity index (χ0) is 18.0. The Morgan fingerprint density at radius 2 is 1.88 bits per heavy atom. The maximum atomic E-state index is 13.2. The van der Waals surface area contributed by atoms with Crippen LogP contribution >= 0.6 is 11.6 Å². The standard InChI is InChI=1S/C17H14ClFN4O3/c18-10-5-9(19)2-1-8(10)6-22-7-20-17(21-22)23-15(24)13-11-3-4-12(26-11)14(13)16(23)25/h1-2,5,7,11-14H,3-4,6H2/t11-,12-,13-,14+/m1/s1. The fourth-order valence-corrected chi connectivity index (χ4v) is 4.42. The van der Waals surface area contributed by atoms with Crippen LogP contribution in [0.5, 0.6) is 0 Å². The molecule has 0 unspecified atom stereocenters. The molecule has 1 aromatic carbocycles. The van der Waals surface area contributed by atoms with Crippen LogP contribution in [-0.4, -0.2) is 38.8 Å². The molecule has 2 amide bonds. The topological polar surface area (TPSA) is 77.3 Å². The Kier molecular flexibility index (Phi) is 3.42. The van der Waals surface area contributed by atoms with Gasteiger partial charge in [0.15, 0.2) is 0 Å². The van der Waals surface area contributed by atoms with E-state index in [2.05, 4.69) is 10.1 Å². The van der Waals surface area contributed by atoms with E-state index in [0.29, 0.717) is 5.56 Å². The van der Waals surface area contributed by atoms with Gasteiger partial charge in [-0.2, -0.15) is 4.98 Å². The third-order valence-corrected chi connectivity index (χ3v) is 5.71. The largest absolute Gasteiger partial charge is 0.373 e. The lowest BCUT2D eigenvalue weighted by Crippen LogP contribution is -2.35. The van der Waals surface area contributed by atoms with E-state index in [1.807, 2.05) is 0 Å². The highest BCUT2D eigenvalue weighted by atomic mass is 35.5. The van der Waals surface area contributed by atoms with Crippen LogP contribution in [-0.2, 0) is 20.9 Å². The van der Waals surface area contributed by atoms with Crippen LogP contribution in [0.2, 0.25) is 5.02 Å². The van der Waals surface area contributed by atoms with Crippen molar-refractivity contribution < 1.29 is 18.7 Å². The molecule has 0 aliphatic carbocycles. The quantitative estimate of drug-likeness (QED) is 0.763. The first-order valence-corrected chi connectivity index (χ1v) is 8.77. The molecule has 2 aromatic rings. The summed E-state index contributed by atoms with van der Waals surface area (Å²) in [7, 11) is 0. The molecule has 2 bridgehead atoms. The van der Waals surface area contributed by atoms with E-state index < -0.39 is 17.7 Å². The van der Waals surface area contributed by atoms with E-state index in [4.69, 9.17) is 16.3 Å². The minimum atomic E-state index is -0.422. The fourth-order valence-electron chi connectivity index (χ4n) is 4.20. The van der Waals surface area contributed by atoms with Crippen molar-refractivity contribution in [2.45, 2.75) is 31.6 Å². The molecule has 3 aliphatic rings. The Morgan fingerprint density at radius 1 is 1.19 bits per heavy atom. The molecule has 0 N–H and O–H groups in total. The van der Waals surface area contributed by atoms with Crippen molar-refractivity contribution in [3.05, 3.63) is 40.9 Å². The lowest BCUT2D eigenvalue weighted by Gasteiger charge is -2.14. The zero-order valence-corrected chi connectivity index (χ0v) is 14.3. The summed E-state index contributed by atoms with van der Waals surface area (Å²) in [5, 5.41) is 4.52. The van der Waals surface area contributed by atoms with Gasteiger partial charge in [0.2, 0.25) is 11.8 Å². The number of halogens is 2. The maximum absolute atomic E-state index is 13.2. The number of carbonyl (C=O) groups is 2. The molecule has 7 nitrogen and oxygen atoms in total. The average molecular weight is 377 g/mol. The van der Waals surface area contributed by atoms with Crippen molar-refractivity contribution in [2.75, 3.05) is 4.90 Å². The minimum Gasteiger partial charge on any atom is -0.373 e. The first kappa shape index (κ1) is 15.9. The molecule has 3 saturated heterocycles. The second-order valence-electron chi connectivity index (χ2n) is 6.83. The van der Waals surface area contributed by atoms with Gasteiger partial charge in [0, 0.05) is 5.02 Å². The lowest BCUT2D eigenvalue weighted by atomic mass is 9.81. The van der Waals surface area contributed by atoms with E-state index >= 15 is 0 Å². The number of anilines is 1. The second-order valence-corrected chi connectivity index (χ2v) is 7.24. The molecule has 3 fully saturated rings. The van der Waals surface area contributed by atoms with Crippen LogP contribution in [0, 0.1) is 17.7 Å². The van der Waals surface area contributed by atoms with Gasteiger partial charge in [-0.3, -0.25) is 9.59 Å². The number of benzene rings is 1. The highest BCUT2D eigenvalue weighted by Gasteiger charge is 2.63. The molecule has 134 valence electrons. The lowest BCUT2D eigenvalue weighted by molar-refractivity contribution is -0.124. The number of hydrogen-bond acceptors (Lipinski definition) is 5. The smallest absolute Gasteiger partial charge is 0.258 e. The second kappa shape index (κ2) is 5.59. The van der Waals surface area contributed by atoms with Crippen LogP contribution in [0.15, 0.2) is 24.5 Å². The number of fused-ring (bicyclic) bond motifs is 5. The highest BCUT2D eigenvalue weighted by Crippen LogP contribution is 2.48. The molecule has 4 atom stereocenters. The number of ether oxygens (including phenoxy) is 1. The number of hydrogen-bond donors (Lipinski definition) is 0. The van der Waals surface area contributed by atoms with Gasteiger partial charge in [0.05, 0.1) is 30.6 Å². The summed E-state index contributed by atoms with van der Waals surface area (Å²) in [5.74, 6) is -1.77. The van der Waals surface area contributed by atoms with Crippen LogP contribution in [0.3, 0.4) is 0 Å². The molecular weight excluding hydrogens is 363 g/mol. The van der Waals surface area contributed by atoms with Crippen molar-refractivity contribution in [2.24, 2.45) is 11.8 Å². The Bertz CT molecular complexity index is 904. The van der Waals surface area contributed by atoms with Crippen molar-refractivity contribution >= 4 is 29.4 Å². The number of nitrogens with zero attached hydrogens (tertiary/aromatic N) is 4. The molecular formula is C17H14ClFN4O3. The maximum Gasteiger partial charge on any atom is 0.258 e. The van der Waals surface area contributed by atoms with Crippen LogP contribution in [0.1, 0.15) is 18.4 Å². The minimum absolute atomic E-state index is 0.0621. The highest BCUT2D eigenvalue weighted by molar-refractivity contribution is 6.31. The zero-order valence-electron chi connectivity index (χ0n) is 13.5. The molecule has 1 aromatic heterocycles. The van der Waals surface area contributed by atoms with Crippen molar-refractivity contribution in [3.63, 3.8) is 0 Å². The van der Waals surface area contributed by atoms with Gasteiger partial charge in [0.1, 0.15) is 12.1 Å². The van der Waals surface area contributed by atoms with E-state index in [0.717, 1.165) is 17.7 Å². The molecule has 0 spiro atoms. The van der Waals surface area contributed by atoms with Gasteiger partial charge in [-0.15, -0.1) is 5.10 Å². The number of amides is 2. The Labute approximate surface area is 152 Å². The molecule has 0 saturated carbocycles. The van der Waals surface area contributed by atoms with E-state index in [1.165, 1.54) is 23.1 Å². The van der Waals surface area contributed by atoms with E-state index in [1.54, 1.807) is 6.07 Å². The molecule has 3 aliphatic heterocycles. The Balaban J connectivity index is 1.40. The van der Waals surface area contributed by atoms with Crippen LogP contribution < -0.4 is 4.90 Å². The van der Waals surface area contributed by atoms with Gasteiger partial charge in [-0.05, 0) is 30.5 Å². The number of rotatable bonds is 3. The Hall–Kier alpha value is -2.32. The van der Waals surface area contributed by atoms with Crippen molar-refractivity contribution in [1.29, 1.82) is 0 Å². The number of imide groups is 1. The fraction of sp³-hybridized carbons (Fsp3) is 0.412. The SMILES string of the molecule is O=C1[C@@H]2[C@H](C(=O)N1c1ncn(Cc3ccc(F)cc3Cl)n1)[C@H]1CC[C@H]2O1. The van der Waals surface area contributed by atoms with Gasteiger partial charge in [0.25, 0.3) is 5.95 Å². The van der Waals surface area contributed by atoms with Crippen molar-refractivity contribution in [1.82, 2.24) is 14.8 Å². The molecule has 26 heavy (non-hydrogen) atoms. The summed E-state index contributed by atoms with van der Waals surface area (Å²) in [4.78, 5) is 30.6. The molecule has 4 heterocycles. The third kappa shape index (κ3) is 2.22. The average Bonchev–Trinajstić information content (AvgIpc) is 3.35. The van der Waals surface area contributed by atoms with Crippen molar-refractivity contribution in [3.8, 4) is 0 Å². The normalized spacial score (nSPS) is 29.7. The van der Waals surface area contributed by atoms with Gasteiger partial charge in [-0.25, -0.2) is 14.0 Å². The summed E-state index contributed by atoms with van der Waals surface area (Å²) in [6.07, 6.45) is 2.69. The predicted octanol–water partition coefficient (Wildman–Crippen LogP) is 1.79. The van der Waals surface area contributed by atoms with Crippen LogP contribution in [0.4, 0.5) is 10.3 Å². The summed E-state index contributed by atoms with van der Waals surface area (Å²) < 4.78 is 20.3. The summed E-state index contributed by atoms with van der Waals surface area (Å²) >= 11 is 6.03. The summed E-state index contributed by atoms with van der Waals surface area (Å²) in [6.45, 7) is 0.254. The first-order valence-electron chi connectivity index (χ1n) is 8.39. The van der Waals surface area contributed by atoms with Crippen LogP contribution in [0.25, 0.3) is 0 Å². The van der Waals surface area contributed by atoms with E-state index in [9.17, 15) is 14.0 Å². The first-order chi connectivity index (χ1) is 12.5. The number of carbonyl (C=O) groups excluding carboxylic acids is 2. The number of aromatic nitrogens is 3. The van der Waals surface area contributed by atoms with Gasteiger partial charge in [-0.1, -0.05) is 17.7 Å². The predicted molar refractivity (Wildman–Crippen MR) is 87.9 cm³/mol. The molecule has 0 radical (unpaired) electrons.